The minimum Gasteiger partial charge on any atom is -0.332 e. The van der Waals surface area contributed by atoms with Gasteiger partial charge in [-0.05, 0) is 19.4 Å². The van der Waals surface area contributed by atoms with Gasteiger partial charge in [0.15, 0.2) is 4.87 Å². The number of nitrogens with one attached hydrogen (secondary N) is 1. The van der Waals surface area contributed by atoms with Crippen LogP contribution in [0.5, 0.6) is 0 Å². The van der Waals surface area contributed by atoms with Gasteiger partial charge in [-0.3, -0.25) is 9.35 Å². The number of hydrogen-bond donors (Lipinski definition) is 2. The second-order valence-electron chi connectivity index (χ2n) is 3.15. The molecule has 1 atom stereocenters. The maximum absolute atomic E-state index is 11.0. The van der Waals surface area contributed by atoms with Crippen LogP contribution in [0.2, 0.25) is 0 Å². The molecule has 0 aromatic heterocycles. The highest BCUT2D eigenvalue weighted by Crippen LogP contribution is 2.18. The molecule has 82 valence electrons. The molecular formula is C8H15NO4S. The van der Waals surface area contributed by atoms with Gasteiger partial charge in [0.05, 0.1) is 0 Å². The molecule has 0 fully saturated rings. The zero-order chi connectivity index (χ0) is 11.4. The first-order chi connectivity index (χ1) is 6.27. The lowest BCUT2D eigenvalue weighted by Gasteiger charge is -2.26. The Morgan fingerprint density at radius 3 is 2.43 bits per heavy atom. The lowest BCUT2D eigenvalue weighted by atomic mass is 10.2. The molecule has 0 saturated heterocycles. The van der Waals surface area contributed by atoms with Crippen molar-refractivity contribution >= 4 is 16.0 Å². The smallest absolute Gasteiger partial charge is 0.288 e. The third-order valence-electron chi connectivity index (χ3n) is 1.87. The topological polar surface area (TPSA) is 83.5 Å². The van der Waals surface area contributed by atoms with Crippen molar-refractivity contribution in [3.63, 3.8) is 0 Å². The van der Waals surface area contributed by atoms with E-state index in [-0.39, 0.29) is 6.42 Å². The molecule has 0 rings (SSSR count). The Bertz CT molecular complexity index is 322. The van der Waals surface area contributed by atoms with E-state index in [0.717, 1.165) is 6.08 Å². The third kappa shape index (κ3) is 3.12. The van der Waals surface area contributed by atoms with Gasteiger partial charge in [0.2, 0.25) is 5.91 Å². The van der Waals surface area contributed by atoms with Crippen molar-refractivity contribution in [3.8, 4) is 0 Å². The second kappa shape index (κ2) is 4.56. The van der Waals surface area contributed by atoms with E-state index in [1.807, 2.05) is 0 Å². The van der Waals surface area contributed by atoms with Gasteiger partial charge < -0.3 is 5.32 Å². The first-order valence-electron chi connectivity index (χ1n) is 4.18. The number of carbonyl (C=O) groups is 1. The highest BCUT2D eigenvalue weighted by molar-refractivity contribution is 7.87. The number of carbonyl (C=O) groups excluding carboxylic acids is 1. The minimum absolute atomic E-state index is 0.144. The molecular weight excluding hydrogens is 206 g/mol. The van der Waals surface area contributed by atoms with Crippen LogP contribution in [-0.2, 0) is 14.9 Å². The maximum Gasteiger partial charge on any atom is 0.288 e. The van der Waals surface area contributed by atoms with E-state index in [2.05, 4.69) is 11.9 Å². The largest absolute Gasteiger partial charge is 0.332 e. The summed E-state index contributed by atoms with van der Waals surface area (Å²) >= 11 is 0. The summed E-state index contributed by atoms with van der Waals surface area (Å²) in [6.45, 7) is 6.21. The zero-order valence-corrected chi connectivity index (χ0v) is 9.10. The highest BCUT2D eigenvalue weighted by atomic mass is 32.2. The fraction of sp³-hybridized carbons (Fsp3) is 0.625. The Labute approximate surface area is 83.9 Å². The van der Waals surface area contributed by atoms with Gasteiger partial charge in [0.1, 0.15) is 0 Å². The van der Waals surface area contributed by atoms with Crippen molar-refractivity contribution < 1.29 is 17.8 Å². The van der Waals surface area contributed by atoms with Crippen LogP contribution >= 0.6 is 0 Å². The molecule has 2 N–H and O–H groups in total. The van der Waals surface area contributed by atoms with E-state index in [1.165, 1.54) is 6.92 Å². The van der Waals surface area contributed by atoms with Gasteiger partial charge >= 0.3 is 0 Å². The van der Waals surface area contributed by atoms with Crippen LogP contribution in [-0.4, -0.2) is 23.7 Å². The van der Waals surface area contributed by atoms with Crippen LogP contribution < -0.4 is 5.32 Å². The van der Waals surface area contributed by atoms with Crippen molar-refractivity contribution in [3.05, 3.63) is 12.7 Å². The monoisotopic (exact) mass is 221 g/mol. The van der Waals surface area contributed by atoms with Crippen LogP contribution in [0.4, 0.5) is 0 Å². The molecule has 14 heavy (non-hydrogen) atoms. The van der Waals surface area contributed by atoms with E-state index in [4.69, 9.17) is 4.55 Å². The summed E-state index contributed by atoms with van der Waals surface area (Å²) in [5.41, 5.74) is 0. The molecule has 0 radical (unpaired) electrons. The SMILES string of the molecule is C=CC(=O)NC(C)(CCC)S(=O)(=O)O. The third-order valence-corrected chi connectivity index (χ3v) is 3.31. The van der Waals surface area contributed by atoms with Crippen molar-refractivity contribution in [1.82, 2.24) is 5.32 Å². The summed E-state index contributed by atoms with van der Waals surface area (Å²) in [6.07, 6.45) is 1.62. The molecule has 0 saturated carbocycles. The molecule has 0 aromatic carbocycles. The molecule has 1 amide bonds. The molecule has 0 aliphatic carbocycles. The summed E-state index contributed by atoms with van der Waals surface area (Å²) < 4.78 is 30.9. The average Bonchev–Trinajstić information content (AvgIpc) is 2.02. The van der Waals surface area contributed by atoms with E-state index in [0.29, 0.717) is 6.42 Å². The van der Waals surface area contributed by atoms with Crippen LogP contribution in [0, 0.1) is 0 Å². The summed E-state index contributed by atoms with van der Waals surface area (Å²) in [4.78, 5) is 9.31. The van der Waals surface area contributed by atoms with E-state index < -0.39 is 20.9 Å². The number of amides is 1. The number of hydrogen-bond acceptors (Lipinski definition) is 3. The highest BCUT2D eigenvalue weighted by Gasteiger charge is 2.37. The van der Waals surface area contributed by atoms with Crippen LogP contribution in [0.3, 0.4) is 0 Å². The molecule has 0 spiro atoms. The van der Waals surface area contributed by atoms with Gasteiger partial charge in [-0.2, -0.15) is 8.42 Å². The maximum atomic E-state index is 11.0. The second-order valence-corrected chi connectivity index (χ2v) is 5.00. The standard InChI is InChI=1S/C8H15NO4S/c1-4-6-8(3,14(11,12)13)9-7(10)5-2/h5H,2,4,6H2,1,3H3,(H,9,10)(H,11,12,13). The van der Waals surface area contributed by atoms with Crippen molar-refractivity contribution in [1.29, 1.82) is 0 Å². The zero-order valence-electron chi connectivity index (χ0n) is 8.28. The van der Waals surface area contributed by atoms with Crippen LogP contribution in [0.1, 0.15) is 26.7 Å². The molecule has 5 nitrogen and oxygen atoms in total. The molecule has 0 bridgehead atoms. The molecule has 6 heteroatoms. The Balaban J connectivity index is 4.92. The van der Waals surface area contributed by atoms with E-state index in [9.17, 15) is 13.2 Å². The molecule has 0 heterocycles. The van der Waals surface area contributed by atoms with E-state index in [1.54, 1.807) is 6.92 Å². The Morgan fingerprint density at radius 2 is 2.14 bits per heavy atom. The fourth-order valence-electron chi connectivity index (χ4n) is 1.04. The summed E-state index contributed by atoms with van der Waals surface area (Å²) in [5, 5.41) is 2.19. The summed E-state index contributed by atoms with van der Waals surface area (Å²) in [6, 6.07) is 0. The van der Waals surface area contributed by atoms with Gasteiger partial charge in [-0.15, -0.1) is 0 Å². The predicted octanol–water partition coefficient (Wildman–Crippen LogP) is 0.693. The summed E-state index contributed by atoms with van der Waals surface area (Å²) in [5.74, 6) is -0.626. The minimum atomic E-state index is -4.31. The average molecular weight is 221 g/mol. The lowest BCUT2D eigenvalue weighted by molar-refractivity contribution is -0.117. The molecule has 0 aliphatic heterocycles. The van der Waals surface area contributed by atoms with Crippen LogP contribution in [0.25, 0.3) is 0 Å². The first-order valence-corrected chi connectivity index (χ1v) is 5.62. The number of rotatable bonds is 5. The first kappa shape index (κ1) is 13.1. The predicted molar refractivity (Wildman–Crippen MR) is 53.2 cm³/mol. The van der Waals surface area contributed by atoms with Crippen molar-refractivity contribution in [2.45, 2.75) is 31.6 Å². The van der Waals surface area contributed by atoms with E-state index >= 15 is 0 Å². The quantitative estimate of drug-likeness (QED) is 0.528. The Kier molecular flexibility index (Phi) is 4.28. The van der Waals surface area contributed by atoms with Gasteiger partial charge in [-0.1, -0.05) is 19.9 Å². The Hall–Kier alpha value is -0.880. The lowest BCUT2D eigenvalue weighted by Crippen LogP contribution is -2.51. The molecule has 1 unspecified atom stereocenters. The Morgan fingerprint density at radius 1 is 1.64 bits per heavy atom. The molecule has 0 aromatic rings. The van der Waals surface area contributed by atoms with Crippen LogP contribution in [0.15, 0.2) is 12.7 Å². The normalized spacial score (nSPS) is 15.6. The van der Waals surface area contributed by atoms with Gasteiger partial charge in [0, 0.05) is 0 Å². The van der Waals surface area contributed by atoms with Crippen molar-refractivity contribution in [2.24, 2.45) is 0 Å². The fourth-order valence-corrected chi connectivity index (χ4v) is 1.74. The van der Waals surface area contributed by atoms with Crippen molar-refractivity contribution in [2.75, 3.05) is 0 Å². The summed E-state index contributed by atoms with van der Waals surface area (Å²) in [7, 11) is -4.31. The van der Waals surface area contributed by atoms with Gasteiger partial charge in [0.25, 0.3) is 10.1 Å². The van der Waals surface area contributed by atoms with Gasteiger partial charge in [-0.25, -0.2) is 0 Å². The molecule has 0 aliphatic rings.